The van der Waals surface area contributed by atoms with E-state index < -0.39 is 0 Å². The van der Waals surface area contributed by atoms with Crippen LogP contribution in [0.2, 0.25) is 0 Å². The van der Waals surface area contributed by atoms with Crippen molar-refractivity contribution in [3.63, 3.8) is 0 Å². The van der Waals surface area contributed by atoms with E-state index in [1.54, 1.807) is 7.85 Å². The molecule has 0 saturated carbocycles. The van der Waals surface area contributed by atoms with Gasteiger partial charge < -0.3 is 4.79 Å². The van der Waals surface area contributed by atoms with Gasteiger partial charge in [0.2, 0.25) is 0 Å². The number of hydrogen-bond donors (Lipinski definition) is 0. The molecule has 0 aliphatic carbocycles. The summed E-state index contributed by atoms with van der Waals surface area (Å²) in [6.07, 6.45) is 0. The summed E-state index contributed by atoms with van der Waals surface area (Å²) in [4.78, 5) is 11.4. The lowest BCUT2D eigenvalue weighted by atomic mass is 9.61. The van der Waals surface area contributed by atoms with Crippen LogP contribution in [0.3, 0.4) is 0 Å². The zero-order valence-electron chi connectivity index (χ0n) is 9.49. The molecule has 0 aromatic carbocycles. The van der Waals surface area contributed by atoms with E-state index >= 15 is 0 Å². The highest BCUT2D eigenvalue weighted by Crippen LogP contribution is 2.39. The van der Waals surface area contributed by atoms with Crippen molar-refractivity contribution < 1.29 is 4.79 Å². The highest BCUT2D eigenvalue weighted by atomic mass is 16.1. The third-order valence-electron chi connectivity index (χ3n) is 2.14. The van der Waals surface area contributed by atoms with Gasteiger partial charge in [-0.25, -0.2) is 0 Å². The summed E-state index contributed by atoms with van der Waals surface area (Å²) >= 11 is 0. The van der Waals surface area contributed by atoms with Gasteiger partial charge in [-0.05, 0) is 10.8 Å². The first-order chi connectivity index (χ1) is 5.07. The van der Waals surface area contributed by atoms with Gasteiger partial charge in [-0.2, -0.15) is 0 Å². The van der Waals surface area contributed by atoms with Gasteiger partial charge in [0.25, 0.3) is 0 Å². The fraction of sp³-hybridized carbons (Fsp3) is 0.900. The van der Waals surface area contributed by atoms with Crippen LogP contribution in [0.4, 0.5) is 0 Å². The van der Waals surface area contributed by atoms with Crippen molar-refractivity contribution >= 4 is 13.5 Å². The predicted molar refractivity (Wildman–Crippen MR) is 56.0 cm³/mol. The van der Waals surface area contributed by atoms with Crippen LogP contribution in [-0.2, 0) is 4.79 Å². The molecule has 0 aromatic rings. The Morgan fingerprint density at radius 1 is 1.00 bits per heavy atom. The van der Waals surface area contributed by atoms with E-state index in [0.717, 1.165) is 0 Å². The van der Waals surface area contributed by atoms with Gasteiger partial charge in [-0.3, -0.25) is 0 Å². The van der Waals surface area contributed by atoms with Crippen molar-refractivity contribution in [3.05, 3.63) is 0 Å². The molecule has 1 nitrogen and oxygen atoms in total. The lowest BCUT2D eigenvalue weighted by Gasteiger charge is -2.39. The van der Waals surface area contributed by atoms with Crippen molar-refractivity contribution in [2.45, 2.75) is 41.5 Å². The standard InChI is InChI=1S/C10H21BO/c1-9(2,3)7(8(11)12)10(4,5)6/h7H,11H2,1-6H3. The van der Waals surface area contributed by atoms with E-state index in [4.69, 9.17) is 0 Å². The highest BCUT2D eigenvalue weighted by molar-refractivity contribution is 6.58. The van der Waals surface area contributed by atoms with Crippen LogP contribution >= 0.6 is 0 Å². The Kier molecular flexibility index (Phi) is 3.16. The smallest absolute Gasteiger partial charge is 0.187 e. The van der Waals surface area contributed by atoms with Crippen LogP contribution in [0.15, 0.2) is 0 Å². The SMILES string of the molecule is BC(=O)C(C(C)(C)C)C(C)(C)C. The summed E-state index contributed by atoms with van der Waals surface area (Å²) in [6.45, 7) is 12.8. The third kappa shape index (κ3) is 3.00. The van der Waals surface area contributed by atoms with Crippen LogP contribution in [-0.4, -0.2) is 13.5 Å². The van der Waals surface area contributed by atoms with Gasteiger partial charge in [0, 0.05) is 5.92 Å². The van der Waals surface area contributed by atoms with E-state index in [2.05, 4.69) is 41.5 Å². The maximum Gasteiger partial charge on any atom is 0.187 e. The summed E-state index contributed by atoms with van der Waals surface area (Å²) < 4.78 is 0. The van der Waals surface area contributed by atoms with E-state index in [-0.39, 0.29) is 16.7 Å². The number of carbonyl (C=O) groups is 1. The topological polar surface area (TPSA) is 17.1 Å². The summed E-state index contributed by atoms with van der Waals surface area (Å²) in [5.74, 6) is 0.144. The van der Waals surface area contributed by atoms with E-state index in [1.165, 1.54) is 0 Å². The fourth-order valence-corrected chi connectivity index (χ4v) is 2.52. The second-order valence-electron chi connectivity index (χ2n) is 5.78. The van der Waals surface area contributed by atoms with Gasteiger partial charge in [0.05, 0.1) is 5.68 Å². The largest absolute Gasteiger partial charge is 0.312 e. The molecule has 0 atom stereocenters. The number of rotatable bonds is 1. The third-order valence-corrected chi connectivity index (χ3v) is 2.14. The van der Waals surface area contributed by atoms with Gasteiger partial charge in [-0.15, -0.1) is 0 Å². The molecule has 2 heteroatoms. The quantitative estimate of drug-likeness (QED) is 0.546. The van der Waals surface area contributed by atoms with Crippen molar-refractivity contribution in [3.8, 4) is 0 Å². The van der Waals surface area contributed by atoms with E-state index in [9.17, 15) is 4.79 Å². The molecule has 0 radical (unpaired) electrons. The van der Waals surface area contributed by atoms with E-state index in [1.807, 2.05) is 0 Å². The van der Waals surface area contributed by atoms with Crippen LogP contribution < -0.4 is 0 Å². The molecule has 12 heavy (non-hydrogen) atoms. The molecule has 0 spiro atoms. The molecule has 0 amide bonds. The first-order valence-corrected chi connectivity index (χ1v) is 4.57. The lowest BCUT2D eigenvalue weighted by molar-refractivity contribution is -0.122. The average molecular weight is 168 g/mol. The molecule has 0 N–H and O–H groups in total. The van der Waals surface area contributed by atoms with Crippen LogP contribution in [0, 0.1) is 16.7 Å². The molecular weight excluding hydrogens is 147 g/mol. The Hall–Kier alpha value is -0.265. The second kappa shape index (κ2) is 3.23. The molecule has 0 heterocycles. The molecule has 0 rings (SSSR count). The lowest BCUT2D eigenvalue weighted by Crippen LogP contribution is -2.38. The maximum absolute atomic E-state index is 11.4. The van der Waals surface area contributed by atoms with Crippen LogP contribution in [0.1, 0.15) is 41.5 Å². The summed E-state index contributed by atoms with van der Waals surface area (Å²) in [5, 5.41) is 0. The second-order valence-corrected chi connectivity index (χ2v) is 5.78. The zero-order valence-corrected chi connectivity index (χ0v) is 9.49. The Bertz CT molecular complexity index is 157. The Morgan fingerprint density at radius 2 is 1.25 bits per heavy atom. The molecule has 0 unspecified atom stereocenters. The molecule has 0 bridgehead atoms. The summed E-state index contributed by atoms with van der Waals surface area (Å²) in [6, 6.07) is 0. The Labute approximate surface area is 77.3 Å². The molecule has 0 saturated heterocycles. The number of carbonyl (C=O) groups excluding carboxylic acids is 1. The van der Waals surface area contributed by atoms with E-state index in [0.29, 0.717) is 5.68 Å². The predicted octanol–water partition coefficient (Wildman–Crippen LogP) is 1.85. The maximum atomic E-state index is 11.4. The molecule has 0 aliphatic heterocycles. The molecule has 70 valence electrons. The first kappa shape index (κ1) is 11.7. The minimum atomic E-state index is 0.0735. The Balaban J connectivity index is 4.82. The summed E-state index contributed by atoms with van der Waals surface area (Å²) in [5.41, 5.74) is 0.448. The van der Waals surface area contributed by atoms with Crippen LogP contribution in [0.25, 0.3) is 0 Å². The van der Waals surface area contributed by atoms with Crippen LogP contribution in [0.5, 0.6) is 0 Å². The van der Waals surface area contributed by atoms with Crippen molar-refractivity contribution in [1.29, 1.82) is 0 Å². The monoisotopic (exact) mass is 168 g/mol. The minimum Gasteiger partial charge on any atom is -0.312 e. The van der Waals surface area contributed by atoms with Gasteiger partial charge in [0.15, 0.2) is 7.85 Å². The average Bonchev–Trinajstić information content (AvgIpc) is 1.49. The molecule has 0 aromatic heterocycles. The Morgan fingerprint density at radius 3 is 1.25 bits per heavy atom. The zero-order chi connectivity index (χ0) is 10.2. The van der Waals surface area contributed by atoms with Crippen molar-refractivity contribution in [2.75, 3.05) is 0 Å². The molecule has 0 aliphatic rings. The molecule has 0 fully saturated rings. The fourth-order valence-electron chi connectivity index (χ4n) is 2.52. The van der Waals surface area contributed by atoms with Gasteiger partial charge >= 0.3 is 0 Å². The first-order valence-electron chi connectivity index (χ1n) is 4.57. The molecular formula is C10H21BO. The van der Waals surface area contributed by atoms with Gasteiger partial charge in [0.1, 0.15) is 0 Å². The number of hydrogen-bond acceptors (Lipinski definition) is 1. The van der Waals surface area contributed by atoms with Crippen molar-refractivity contribution in [1.82, 2.24) is 0 Å². The summed E-state index contributed by atoms with van der Waals surface area (Å²) in [7, 11) is 1.70. The highest BCUT2D eigenvalue weighted by Gasteiger charge is 2.37. The van der Waals surface area contributed by atoms with Crippen molar-refractivity contribution in [2.24, 2.45) is 16.7 Å². The normalized spacial score (nSPS) is 13.6. The van der Waals surface area contributed by atoms with Gasteiger partial charge in [-0.1, -0.05) is 41.5 Å². The minimum absolute atomic E-state index is 0.0735.